The summed E-state index contributed by atoms with van der Waals surface area (Å²) in [6.07, 6.45) is 3.35. The highest BCUT2D eigenvalue weighted by molar-refractivity contribution is 5.90. The second kappa shape index (κ2) is 11.0. The predicted octanol–water partition coefficient (Wildman–Crippen LogP) is 2.65. The molecule has 0 saturated carbocycles. The summed E-state index contributed by atoms with van der Waals surface area (Å²) in [7, 11) is 3.70. The third-order valence-corrected chi connectivity index (χ3v) is 5.29. The Morgan fingerprint density at radius 2 is 1.21 bits per heavy atom. The molecule has 0 radical (unpaired) electrons. The molecule has 0 unspecified atom stereocenters. The highest BCUT2D eigenvalue weighted by Gasteiger charge is 2.22. The molecule has 0 amide bonds. The molecular weight excluding hydrogens is 298 g/mol. The van der Waals surface area contributed by atoms with E-state index in [1.165, 1.54) is 0 Å². The molecule has 5 nitrogen and oxygen atoms in total. The minimum atomic E-state index is -0.0447. The monoisotopic (exact) mass is 339 g/mol. The van der Waals surface area contributed by atoms with Gasteiger partial charge >= 0.3 is 0 Å². The van der Waals surface area contributed by atoms with Crippen LogP contribution in [0.5, 0.6) is 0 Å². The first-order chi connectivity index (χ1) is 11.1. The van der Waals surface area contributed by atoms with Crippen molar-refractivity contribution in [1.82, 2.24) is 10.6 Å². The van der Waals surface area contributed by atoms with E-state index in [9.17, 15) is 0 Å². The van der Waals surface area contributed by atoms with E-state index in [2.05, 4.69) is 62.2 Å². The Bertz CT molecular complexity index is 374. The second-order valence-corrected chi connectivity index (χ2v) is 7.74. The van der Waals surface area contributed by atoms with Crippen molar-refractivity contribution < 1.29 is 0 Å². The highest BCUT2D eigenvalue weighted by Crippen LogP contribution is 2.14. The SMILES string of the molecule is CN=C(C)C(C)(C)NCCC(CCN)CCNC(C)(C)C(C)=NC. The summed E-state index contributed by atoms with van der Waals surface area (Å²) in [6.45, 7) is 15.6. The minimum absolute atomic E-state index is 0.0447. The first kappa shape index (κ1) is 23.2. The van der Waals surface area contributed by atoms with Gasteiger partial charge in [0.1, 0.15) is 0 Å². The molecule has 0 spiro atoms. The number of nitrogens with one attached hydrogen (secondary N) is 2. The summed E-state index contributed by atoms with van der Waals surface area (Å²) < 4.78 is 0. The fraction of sp³-hybridized carbons (Fsp3) is 0.895. The van der Waals surface area contributed by atoms with Crippen LogP contribution in [0.25, 0.3) is 0 Å². The lowest BCUT2D eigenvalue weighted by molar-refractivity contribution is 0.368. The lowest BCUT2D eigenvalue weighted by Crippen LogP contribution is -2.47. The fourth-order valence-corrected chi connectivity index (χ4v) is 2.66. The summed E-state index contributed by atoms with van der Waals surface area (Å²) in [5, 5.41) is 7.24. The van der Waals surface area contributed by atoms with E-state index in [0.717, 1.165) is 50.3 Å². The molecule has 0 heterocycles. The molecule has 142 valence electrons. The maximum Gasteiger partial charge on any atom is 0.0504 e. The second-order valence-electron chi connectivity index (χ2n) is 7.74. The minimum Gasteiger partial charge on any atom is -0.330 e. The van der Waals surface area contributed by atoms with Crippen molar-refractivity contribution in [1.29, 1.82) is 0 Å². The first-order valence-electron chi connectivity index (χ1n) is 9.18. The lowest BCUT2D eigenvalue weighted by atomic mass is 9.94. The number of aliphatic imine (C=N–C) groups is 2. The van der Waals surface area contributed by atoms with Gasteiger partial charge in [-0.3, -0.25) is 9.98 Å². The van der Waals surface area contributed by atoms with Crippen molar-refractivity contribution in [2.24, 2.45) is 21.6 Å². The van der Waals surface area contributed by atoms with Gasteiger partial charge in [0.15, 0.2) is 0 Å². The molecule has 0 saturated heterocycles. The van der Waals surface area contributed by atoms with Gasteiger partial charge in [-0.05, 0) is 86.4 Å². The molecule has 0 fully saturated rings. The number of rotatable bonds is 12. The molecule has 24 heavy (non-hydrogen) atoms. The number of nitrogens with two attached hydrogens (primary N) is 1. The van der Waals surface area contributed by atoms with Crippen molar-refractivity contribution in [3.63, 3.8) is 0 Å². The van der Waals surface area contributed by atoms with Gasteiger partial charge in [0.2, 0.25) is 0 Å². The molecule has 5 heteroatoms. The normalized spacial score (nSPS) is 15.7. The molecule has 0 aliphatic rings. The summed E-state index contributed by atoms with van der Waals surface area (Å²) in [4.78, 5) is 8.62. The van der Waals surface area contributed by atoms with Crippen molar-refractivity contribution in [3.8, 4) is 0 Å². The van der Waals surface area contributed by atoms with E-state index in [0.29, 0.717) is 5.92 Å². The standard InChI is InChI=1S/C19H41N5/c1-15(21-7)18(3,4)23-13-10-17(9-12-20)11-14-24-19(5,6)16(2)22-8/h17,23-24H,9-14,20H2,1-8H3. The topological polar surface area (TPSA) is 74.8 Å². The Labute approximate surface area is 150 Å². The molecular formula is C19H41N5. The summed E-state index contributed by atoms with van der Waals surface area (Å²) in [5.74, 6) is 0.638. The smallest absolute Gasteiger partial charge is 0.0504 e. The lowest BCUT2D eigenvalue weighted by Gasteiger charge is -2.29. The van der Waals surface area contributed by atoms with Gasteiger partial charge in [-0.25, -0.2) is 0 Å². The largest absolute Gasteiger partial charge is 0.330 e. The quantitative estimate of drug-likeness (QED) is 0.479. The van der Waals surface area contributed by atoms with Crippen LogP contribution in [0.2, 0.25) is 0 Å². The molecule has 0 aromatic heterocycles. The maximum absolute atomic E-state index is 5.80. The Morgan fingerprint density at radius 3 is 1.50 bits per heavy atom. The predicted molar refractivity (Wildman–Crippen MR) is 109 cm³/mol. The fourth-order valence-electron chi connectivity index (χ4n) is 2.66. The zero-order valence-electron chi connectivity index (χ0n) is 17.3. The van der Waals surface area contributed by atoms with Crippen molar-refractivity contribution in [2.75, 3.05) is 33.7 Å². The van der Waals surface area contributed by atoms with Crippen LogP contribution >= 0.6 is 0 Å². The third kappa shape index (κ3) is 8.36. The average molecular weight is 340 g/mol. The van der Waals surface area contributed by atoms with Gasteiger partial charge in [0.05, 0.1) is 11.1 Å². The summed E-state index contributed by atoms with van der Waals surface area (Å²) >= 11 is 0. The van der Waals surface area contributed by atoms with Crippen LogP contribution in [0.15, 0.2) is 9.98 Å². The van der Waals surface area contributed by atoms with Crippen LogP contribution in [0.4, 0.5) is 0 Å². The molecule has 0 aromatic rings. The van der Waals surface area contributed by atoms with E-state index < -0.39 is 0 Å². The van der Waals surface area contributed by atoms with Gasteiger partial charge in [-0.1, -0.05) is 0 Å². The van der Waals surface area contributed by atoms with Gasteiger partial charge < -0.3 is 16.4 Å². The molecule has 0 aliphatic heterocycles. The Hall–Kier alpha value is -0.780. The molecule has 0 rings (SSSR count). The Morgan fingerprint density at radius 1 is 0.833 bits per heavy atom. The molecule has 0 aliphatic carbocycles. The molecule has 0 aromatic carbocycles. The number of hydrogen-bond donors (Lipinski definition) is 3. The van der Waals surface area contributed by atoms with E-state index in [-0.39, 0.29) is 11.1 Å². The zero-order valence-corrected chi connectivity index (χ0v) is 17.3. The van der Waals surface area contributed by atoms with Gasteiger partial charge in [0, 0.05) is 25.5 Å². The average Bonchev–Trinajstić information content (AvgIpc) is 2.52. The zero-order chi connectivity index (χ0) is 18.8. The van der Waals surface area contributed by atoms with E-state index >= 15 is 0 Å². The molecule has 0 atom stereocenters. The number of hydrogen-bond acceptors (Lipinski definition) is 5. The van der Waals surface area contributed by atoms with Crippen molar-refractivity contribution in [2.45, 2.75) is 71.9 Å². The van der Waals surface area contributed by atoms with Crippen LogP contribution in [0.1, 0.15) is 60.8 Å². The molecule has 0 bridgehead atoms. The van der Waals surface area contributed by atoms with E-state index in [1.54, 1.807) is 0 Å². The van der Waals surface area contributed by atoms with Gasteiger partial charge in [-0.2, -0.15) is 0 Å². The first-order valence-corrected chi connectivity index (χ1v) is 9.18. The Kier molecular flexibility index (Phi) is 10.6. The van der Waals surface area contributed by atoms with Crippen LogP contribution in [-0.2, 0) is 0 Å². The number of nitrogens with zero attached hydrogens (tertiary/aromatic N) is 2. The summed E-state index contributed by atoms with van der Waals surface area (Å²) in [5.41, 5.74) is 7.99. The van der Waals surface area contributed by atoms with Crippen LogP contribution in [0, 0.1) is 5.92 Å². The maximum atomic E-state index is 5.80. The van der Waals surface area contributed by atoms with E-state index in [1.807, 2.05) is 14.1 Å². The van der Waals surface area contributed by atoms with E-state index in [4.69, 9.17) is 5.73 Å². The highest BCUT2D eigenvalue weighted by atomic mass is 15.0. The van der Waals surface area contributed by atoms with Crippen LogP contribution in [-0.4, -0.2) is 56.2 Å². The third-order valence-electron chi connectivity index (χ3n) is 5.29. The molecule has 4 N–H and O–H groups in total. The van der Waals surface area contributed by atoms with Gasteiger partial charge in [0.25, 0.3) is 0 Å². The van der Waals surface area contributed by atoms with Crippen LogP contribution < -0.4 is 16.4 Å². The Balaban J connectivity index is 4.37. The van der Waals surface area contributed by atoms with Crippen molar-refractivity contribution >= 4 is 11.4 Å². The van der Waals surface area contributed by atoms with Crippen molar-refractivity contribution in [3.05, 3.63) is 0 Å². The van der Waals surface area contributed by atoms with Gasteiger partial charge in [-0.15, -0.1) is 0 Å². The summed E-state index contributed by atoms with van der Waals surface area (Å²) in [6, 6.07) is 0. The van der Waals surface area contributed by atoms with Crippen LogP contribution in [0.3, 0.4) is 0 Å².